The number of carbonyl (C=O) groups is 1. The molecule has 1 heterocycles. The van der Waals surface area contributed by atoms with Crippen molar-refractivity contribution in [3.05, 3.63) is 101 Å². The number of ketones is 1. The molecule has 0 aliphatic rings. The Labute approximate surface area is 166 Å². The third kappa shape index (κ3) is 3.96. The molecule has 0 unspecified atom stereocenters. The maximum absolute atomic E-state index is 12.8. The predicted molar refractivity (Wildman–Crippen MR) is 111 cm³/mol. The summed E-state index contributed by atoms with van der Waals surface area (Å²) in [5.74, 6) is 0.675. The molecule has 0 amide bonds. The Morgan fingerprint density at radius 1 is 0.889 bits per heavy atom. The molecule has 134 valence electrons. The number of nitrogens with zero attached hydrogens (tertiary/aromatic N) is 1. The minimum absolute atomic E-state index is 0.0235. The van der Waals surface area contributed by atoms with Crippen LogP contribution < -0.4 is 4.74 Å². The lowest BCUT2D eigenvalue weighted by Crippen LogP contribution is -2.11. The van der Waals surface area contributed by atoms with Gasteiger partial charge in [-0.25, -0.2) is 0 Å². The highest BCUT2D eigenvalue weighted by Crippen LogP contribution is 2.24. The average molecular weight is 420 g/mol. The van der Waals surface area contributed by atoms with Crippen molar-refractivity contribution >= 4 is 32.6 Å². The number of hydrogen-bond donors (Lipinski definition) is 0. The molecular weight excluding hydrogens is 402 g/mol. The Morgan fingerprint density at radius 3 is 2.37 bits per heavy atom. The summed E-state index contributed by atoms with van der Waals surface area (Å²) in [6.07, 6.45) is 1.93. The molecule has 4 aromatic rings. The smallest absolute Gasteiger partial charge is 0.202 e. The molecule has 0 bridgehead atoms. The van der Waals surface area contributed by atoms with Crippen LogP contribution in [-0.2, 0) is 6.54 Å². The van der Waals surface area contributed by atoms with E-state index in [1.54, 1.807) is 0 Å². The molecule has 0 fully saturated rings. The second kappa shape index (κ2) is 7.80. The van der Waals surface area contributed by atoms with Crippen LogP contribution in [0.3, 0.4) is 0 Å². The second-order valence-electron chi connectivity index (χ2n) is 6.34. The summed E-state index contributed by atoms with van der Waals surface area (Å²) < 4.78 is 8.82. The van der Waals surface area contributed by atoms with Crippen LogP contribution in [0.1, 0.15) is 15.9 Å². The van der Waals surface area contributed by atoms with Crippen LogP contribution in [0.2, 0.25) is 0 Å². The summed E-state index contributed by atoms with van der Waals surface area (Å²) in [6.45, 7) is 0.733. The van der Waals surface area contributed by atoms with E-state index in [1.807, 2.05) is 72.9 Å². The Hall–Kier alpha value is -2.85. The number of benzene rings is 3. The van der Waals surface area contributed by atoms with E-state index >= 15 is 0 Å². The van der Waals surface area contributed by atoms with Gasteiger partial charge in [-0.1, -0.05) is 64.5 Å². The summed E-state index contributed by atoms with van der Waals surface area (Å²) in [4.78, 5) is 12.8. The first-order valence-corrected chi connectivity index (χ1v) is 9.53. The van der Waals surface area contributed by atoms with Gasteiger partial charge in [0.15, 0.2) is 6.61 Å². The van der Waals surface area contributed by atoms with E-state index in [-0.39, 0.29) is 12.4 Å². The van der Waals surface area contributed by atoms with Crippen molar-refractivity contribution in [1.82, 2.24) is 4.57 Å². The van der Waals surface area contributed by atoms with Gasteiger partial charge >= 0.3 is 0 Å². The van der Waals surface area contributed by atoms with Gasteiger partial charge in [0.2, 0.25) is 5.78 Å². The lowest BCUT2D eigenvalue weighted by atomic mass is 10.1. The van der Waals surface area contributed by atoms with Gasteiger partial charge in [-0.2, -0.15) is 0 Å². The molecule has 0 aliphatic heterocycles. The van der Waals surface area contributed by atoms with Crippen LogP contribution >= 0.6 is 15.9 Å². The molecule has 0 saturated heterocycles. The molecule has 3 nitrogen and oxygen atoms in total. The van der Waals surface area contributed by atoms with Crippen LogP contribution in [0.4, 0.5) is 0 Å². The maximum Gasteiger partial charge on any atom is 0.202 e. The summed E-state index contributed by atoms with van der Waals surface area (Å²) in [6, 6.07) is 25.6. The molecule has 4 heteroatoms. The molecule has 0 atom stereocenters. The van der Waals surface area contributed by atoms with Crippen LogP contribution in [-0.4, -0.2) is 17.0 Å². The number of ether oxygens (including phenoxy) is 1. The van der Waals surface area contributed by atoms with Gasteiger partial charge in [-0.15, -0.1) is 0 Å². The Balaban J connectivity index is 1.61. The van der Waals surface area contributed by atoms with Gasteiger partial charge in [-0.05, 0) is 35.9 Å². The highest BCUT2D eigenvalue weighted by Gasteiger charge is 2.15. The van der Waals surface area contributed by atoms with E-state index in [1.165, 1.54) is 5.56 Å². The maximum atomic E-state index is 12.8. The van der Waals surface area contributed by atoms with Gasteiger partial charge in [0.05, 0.1) is 0 Å². The van der Waals surface area contributed by atoms with Crippen molar-refractivity contribution in [2.75, 3.05) is 6.61 Å². The SMILES string of the molecule is O=C(COc1ccccc1)c1cn(Cc2ccc(Br)cc2)c2ccccc12. The Bertz CT molecular complexity index is 1070. The first kappa shape index (κ1) is 17.6. The summed E-state index contributed by atoms with van der Waals surface area (Å²) in [7, 11) is 0. The fourth-order valence-electron chi connectivity index (χ4n) is 3.13. The molecule has 0 saturated carbocycles. The summed E-state index contributed by atoms with van der Waals surface area (Å²) in [5.41, 5.74) is 2.92. The molecular formula is C23H18BrNO2. The van der Waals surface area contributed by atoms with E-state index < -0.39 is 0 Å². The number of aromatic nitrogens is 1. The number of halogens is 1. The number of Topliss-reactive ketones (excluding diaryl/α,β-unsaturated/α-hetero) is 1. The van der Waals surface area contributed by atoms with Gasteiger partial charge < -0.3 is 9.30 Å². The van der Waals surface area contributed by atoms with E-state index in [0.717, 1.165) is 15.4 Å². The van der Waals surface area contributed by atoms with Crippen molar-refractivity contribution < 1.29 is 9.53 Å². The fraction of sp³-hybridized carbons (Fsp3) is 0.0870. The zero-order valence-electron chi connectivity index (χ0n) is 14.6. The van der Waals surface area contributed by atoms with Crippen molar-refractivity contribution in [3.63, 3.8) is 0 Å². The minimum atomic E-state index is -0.0235. The predicted octanol–water partition coefficient (Wildman–Crippen LogP) is 5.71. The topological polar surface area (TPSA) is 31.2 Å². The Kier molecular flexibility index (Phi) is 5.07. The second-order valence-corrected chi connectivity index (χ2v) is 7.25. The number of hydrogen-bond acceptors (Lipinski definition) is 2. The normalized spacial score (nSPS) is 10.9. The van der Waals surface area contributed by atoms with E-state index in [4.69, 9.17) is 4.74 Å². The monoisotopic (exact) mass is 419 g/mol. The van der Waals surface area contributed by atoms with Crippen molar-refractivity contribution in [2.24, 2.45) is 0 Å². The van der Waals surface area contributed by atoms with Gasteiger partial charge in [-0.3, -0.25) is 4.79 Å². The van der Waals surface area contributed by atoms with Crippen molar-refractivity contribution in [3.8, 4) is 5.75 Å². The lowest BCUT2D eigenvalue weighted by Gasteiger charge is -2.05. The zero-order chi connectivity index (χ0) is 18.6. The van der Waals surface area contributed by atoms with E-state index in [2.05, 4.69) is 32.6 Å². The quantitative estimate of drug-likeness (QED) is 0.374. The molecule has 0 N–H and O–H groups in total. The lowest BCUT2D eigenvalue weighted by molar-refractivity contribution is 0.0923. The van der Waals surface area contributed by atoms with Crippen LogP contribution in [0.25, 0.3) is 10.9 Å². The highest BCUT2D eigenvalue weighted by atomic mass is 79.9. The van der Waals surface area contributed by atoms with Crippen molar-refractivity contribution in [1.29, 1.82) is 0 Å². The molecule has 4 rings (SSSR count). The number of para-hydroxylation sites is 2. The molecule has 0 spiro atoms. The summed E-state index contributed by atoms with van der Waals surface area (Å²) >= 11 is 3.46. The van der Waals surface area contributed by atoms with Gasteiger partial charge in [0, 0.05) is 33.7 Å². The molecule has 27 heavy (non-hydrogen) atoms. The molecule has 0 radical (unpaired) electrons. The first-order valence-electron chi connectivity index (χ1n) is 8.74. The number of rotatable bonds is 6. The Morgan fingerprint density at radius 2 is 1.59 bits per heavy atom. The zero-order valence-corrected chi connectivity index (χ0v) is 16.2. The van der Waals surface area contributed by atoms with E-state index in [9.17, 15) is 4.79 Å². The van der Waals surface area contributed by atoms with E-state index in [0.29, 0.717) is 17.9 Å². The fourth-order valence-corrected chi connectivity index (χ4v) is 3.39. The van der Waals surface area contributed by atoms with Gasteiger partial charge in [0.25, 0.3) is 0 Å². The van der Waals surface area contributed by atoms with Gasteiger partial charge in [0.1, 0.15) is 5.75 Å². The van der Waals surface area contributed by atoms with Crippen LogP contribution in [0, 0.1) is 0 Å². The third-order valence-electron chi connectivity index (χ3n) is 4.47. The number of carbonyl (C=O) groups excluding carboxylic acids is 1. The molecule has 1 aromatic heterocycles. The van der Waals surface area contributed by atoms with Crippen molar-refractivity contribution in [2.45, 2.75) is 6.54 Å². The summed E-state index contributed by atoms with van der Waals surface area (Å²) in [5, 5.41) is 0.955. The molecule has 0 aliphatic carbocycles. The minimum Gasteiger partial charge on any atom is -0.485 e. The van der Waals surface area contributed by atoms with Crippen LogP contribution in [0.5, 0.6) is 5.75 Å². The average Bonchev–Trinajstić information content (AvgIpc) is 3.07. The highest BCUT2D eigenvalue weighted by molar-refractivity contribution is 9.10. The molecule has 3 aromatic carbocycles. The number of fused-ring (bicyclic) bond motifs is 1. The first-order chi connectivity index (χ1) is 13.2. The largest absolute Gasteiger partial charge is 0.485 e. The third-order valence-corrected chi connectivity index (χ3v) is 5.00. The van der Waals surface area contributed by atoms with Crippen LogP contribution in [0.15, 0.2) is 89.5 Å². The standard InChI is InChI=1S/C23H18BrNO2/c24-18-12-10-17(11-13-18)14-25-15-21(20-8-4-5-9-22(20)25)23(26)16-27-19-6-2-1-3-7-19/h1-13,15H,14,16H2.